The zero-order valence-corrected chi connectivity index (χ0v) is 13.5. The molecule has 0 atom stereocenters. The van der Waals surface area contributed by atoms with Gasteiger partial charge in [-0.25, -0.2) is 0 Å². The summed E-state index contributed by atoms with van der Waals surface area (Å²) < 4.78 is 0. The van der Waals surface area contributed by atoms with Crippen LogP contribution in [0.4, 0.5) is 0 Å². The maximum absolute atomic E-state index is 3.85. The van der Waals surface area contributed by atoms with E-state index in [0.29, 0.717) is 6.17 Å². The van der Waals surface area contributed by atoms with Crippen molar-refractivity contribution in [2.75, 3.05) is 13.1 Å². The molecule has 1 saturated heterocycles. The van der Waals surface area contributed by atoms with Crippen molar-refractivity contribution in [1.29, 1.82) is 0 Å². The molecule has 0 aromatic carbocycles. The lowest BCUT2D eigenvalue weighted by Gasteiger charge is -2.42. The molecule has 1 aliphatic heterocycles. The number of hydrogen-bond donors (Lipinski definition) is 2. The van der Waals surface area contributed by atoms with E-state index >= 15 is 0 Å². The smallest absolute Gasteiger partial charge is 0.0600 e. The molecule has 2 heteroatoms. The van der Waals surface area contributed by atoms with E-state index in [9.17, 15) is 0 Å². The van der Waals surface area contributed by atoms with Crippen LogP contribution >= 0.6 is 0 Å². The lowest BCUT2D eigenvalue weighted by atomic mass is 9.75. The van der Waals surface area contributed by atoms with Gasteiger partial charge >= 0.3 is 0 Å². The van der Waals surface area contributed by atoms with Crippen molar-refractivity contribution in [3.63, 3.8) is 0 Å². The molecule has 0 radical (unpaired) electrons. The summed E-state index contributed by atoms with van der Waals surface area (Å²) >= 11 is 0. The van der Waals surface area contributed by atoms with E-state index in [1.165, 1.54) is 64.5 Å². The highest BCUT2D eigenvalue weighted by Crippen LogP contribution is 2.35. The van der Waals surface area contributed by atoms with Crippen LogP contribution in [0, 0.1) is 29.6 Å². The van der Waals surface area contributed by atoms with Crippen molar-refractivity contribution in [2.45, 2.75) is 71.4 Å². The molecule has 2 saturated carbocycles. The first-order chi connectivity index (χ1) is 9.72. The van der Waals surface area contributed by atoms with Gasteiger partial charge in [-0.2, -0.15) is 0 Å². The quantitative estimate of drug-likeness (QED) is 0.803. The monoisotopic (exact) mass is 278 g/mol. The van der Waals surface area contributed by atoms with E-state index < -0.39 is 0 Å². The van der Waals surface area contributed by atoms with E-state index in [2.05, 4.69) is 24.5 Å². The summed E-state index contributed by atoms with van der Waals surface area (Å²) in [4.78, 5) is 0. The number of hydrogen-bond acceptors (Lipinski definition) is 2. The average Bonchev–Trinajstić information content (AvgIpc) is 2.49. The molecule has 0 bridgehead atoms. The second kappa shape index (κ2) is 6.79. The highest BCUT2D eigenvalue weighted by Gasteiger charge is 2.33. The maximum atomic E-state index is 3.85. The van der Waals surface area contributed by atoms with E-state index in [0.717, 1.165) is 29.6 Å². The van der Waals surface area contributed by atoms with E-state index in [1.54, 1.807) is 0 Å². The first kappa shape index (κ1) is 14.8. The van der Waals surface area contributed by atoms with Crippen molar-refractivity contribution >= 4 is 0 Å². The summed E-state index contributed by atoms with van der Waals surface area (Å²) in [6, 6.07) is 0. The predicted octanol–water partition coefficient (Wildman–Crippen LogP) is 3.77. The summed E-state index contributed by atoms with van der Waals surface area (Å²) in [5, 5.41) is 7.70. The summed E-state index contributed by atoms with van der Waals surface area (Å²) in [6.45, 7) is 7.37. The average molecular weight is 278 g/mol. The minimum Gasteiger partial charge on any atom is -0.301 e. The molecule has 116 valence electrons. The van der Waals surface area contributed by atoms with Crippen LogP contribution in [0.3, 0.4) is 0 Å². The standard InChI is InChI=1S/C18H34N2/c1-13-3-7-15(8-4-13)17-11-19-18(20-12-17)16-9-5-14(2)6-10-16/h13-20H,3-12H2,1-2H3. The zero-order chi connectivity index (χ0) is 13.9. The molecule has 3 fully saturated rings. The van der Waals surface area contributed by atoms with Crippen LogP contribution in [0.2, 0.25) is 0 Å². The maximum Gasteiger partial charge on any atom is 0.0600 e. The fourth-order valence-corrected chi connectivity index (χ4v) is 4.74. The van der Waals surface area contributed by atoms with Crippen LogP contribution in [-0.2, 0) is 0 Å². The van der Waals surface area contributed by atoms with Gasteiger partial charge in [-0.3, -0.25) is 0 Å². The lowest BCUT2D eigenvalue weighted by molar-refractivity contribution is 0.127. The summed E-state index contributed by atoms with van der Waals surface area (Å²) in [6.07, 6.45) is 12.2. The van der Waals surface area contributed by atoms with Gasteiger partial charge < -0.3 is 10.6 Å². The summed E-state index contributed by atoms with van der Waals surface area (Å²) in [5.74, 6) is 4.71. The Morgan fingerprint density at radius 2 is 1.00 bits per heavy atom. The molecule has 3 rings (SSSR count). The fraction of sp³-hybridized carbons (Fsp3) is 1.00. The Balaban J connectivity index is 1.42. The Morgan fingerprint density at radius 1 is 0.550 bits per heavy atom. The predicted molar refractivity (Wildman–Crippen MR) is 85.5 cm³/mol. The van der Waals surface area contributed by atoms with E-state index in [1.807, 2.05) is 0 Å². The van der Waals surface area contributed by atoms with Crippen molar-refractivity contribution < 1.29 is 0 Å². The first-order valence-electron chi connectivity index (χ1n) is 9.19. The van der Waals surface area contributed by atoms with Crippen molar-refractivity contribution in [3.8, 4) is 0 Å². The van der Waals surface area contributed by atoms with Crippen LogP contribution < -0.4 is 10.6 Å². The van der Waals surface area contributed by atoms with Gasteiger partial charge in [-0.15, -0.1) is 0 Å². The fourth-order valence-electron chi connectivity index (χ4n) is 4.74. The molecular weight excluding hydrogens is 244 g/mol. The van der Waals surface area contributed by atoms with Gasteiger partial charge in [0.25, 0.3) is 0 Å². The number of nitrogens with one attached hydrogen (secondary N) is 2. The molecule has 20 heavy (non-hydrogen) atoms. The minimum absolute atomic E-state index is 0.612. The Labute approximate surface area is 125 Å². The van der Waals surface area contributed by atoms with Gasteiger partial charge in [-0.05, 0) is 55.3 Å². The second-order valence-corrected chi connectivity index (χ2v) is 8.09. The molecule has 2 nitrogen and oxygen atoms in total. The SMILES string of the molecule is CC1CCC(C2CNC(C3CCC(C)CC3)NC2)CC1. The third-order valence-corrected chi connectivity index (χ3v) is 6.46. The first-order valence-corrected chi connectivity index (χ1v) is 9.19. The highest BCUT2D eigenvalue weighted by atomic mass is 15.2. The molecule has 3 aliphatic rings. The zero-order valence-electron chi connectivity index (χ0n) is 13.5. The molecule has 0 aromatic heterocycles. The molecule has 2 aliphatic carbocycles. The van der Waals surface area contributed by atoms with Crippen LogP contribution in [0.5, 0.6) is 0 Å². The summed E-state index contributed by atoms with van der Waals surface area (Å²) in [7, 11) is 0. The van der Waals surface area contributed by atoms with Crippen molar-refractivity contribution in [1.82, 2.24) is 10.6 Å². The molecule has 2 N–H and O–H groups in total. The van der Waals surface area contributed by atoms with Gasteiger partial charge in [0.2, 0.25) is 0 Å². The summed E-state index contributed by atoms with van der Waals surface area (Å²) in [5.41, 5.74) is 0. The minimum atomic E-state index is 0.612. The Kier molecular flexibility index (Phi) is 5.04. The van der Waals surface area contributed by atoms with Gasteiger partial charge in [0.1, 0.15) is 0 Å². The van der Waals surface area contributed by atoms with Crippen molar-refractivity contribution in [3.05, 3.63) is 0 Å². The molecule has 0 aromatic rings. The molecule has 1 heterocycles. The van der Waals surface area contributed by atoms with Crippen LogP contribution in [0.15, 0.2) is 0 Å². The largest absolute Gasteiger partial charge is 0.301 e. The lowest BCUT2D eigenvalue weighted by Crippen LogP contribution is -2.58. The molecular formula is C18H34N2. The van der Waals surface area contributed by atoms with Gasteiger partial charge in [0.15, 0.2) is 0 Å². The Hall–Kier alpha value is -0.0800. The number of rotatable bonds is 2. The molecule has 0 unspecified atom stereocenters. The molecule has 0 amide bonds. The topological polar surface area (TPSA) is 24.1 Å². The third kappa shape index (κ3) is 3.57. The third-order valence-electron chi connectivity index (χ3n) is 6.46. The van der Waals surface area contributed by atoms with Crippen LogP contribution in [-0.4, -0.2) is 19.3 Å². The second-order valence-electron chi connectivity index (χ2n) is 8.09. The van der Waals surface area contributed by atoms with Crippen LogP contribution in [0.1, 0.15) is 65.2 Å². The highest BCUT2D eigenvalue weighted by molar-refractivity contribution is 4.88. The van der Waals surface area contributed by atoms with E-state index in [4.69, 9.17) is 0 Å². The molecule has 0 spiro atoms. The van der Waals surface area contributed by atoms with E-state index in [-0.39, 0.29) is 0 Å². The normalized spacial score (nSPS) is 47.1. The van der Waals surface area contributed by atoms with Crippen LogP contribution in [0.25, 0.3) is 0 Å². The Morgan fingerprint density at radius 3 is 1.50 bits per heavy atom. The van der Waals surface area contributed by atoms with Gasteiger partial charge in [-0.1, -0.05) is 39.5 Å². The van der Waals surface area contributed by atoms with Crippen molar-refractivity contribution in [2.24, 2.45) is 29.6 Å². The Bertz CT molecular complexity index is 250. The van der Waals surface area contributed by atoms with Gasteiger partial charge in [0.05, 0.1) is 6.17 Å². The van der Waals surface area contributed by atoms with Gasteiger partial charge in [0, 0.05) is 13.1 Å².